The molecule has 1 aromatic rings. The molecule has 0 amide bonds. The van der Waals surface area contributed by atoms with E-state index in [1.807, 2.05) is 18.2 Å². The number of aryl methyl sites for hydroxylation is 1. The van der Waals surface area contributed by atoms with Crippen molar-refractivity contribution in [3.8, 4) is 0 Å². The lowest BCUT2D eigenvalue weighted by Gasteiger charge is -2.02. The molecule has 0 bridgehead atoms. The smallest absolute Gasteiger partial charge is 0.356 e. The van der Waals surface area contributed by atoms with Gasteiger partial charge in [0, 0.05) is 5.02 Å². The number of carboxylic acids is 1. The highest BCUT2D eigenvalue weighted by Crippen LogP contribution is 2.12. The fourth-order valence-corrected chi connectivity index (χ4v) is 1.49. The van der Waals surface area contributed by atoms with Gasteiger partial charge in [-0.2, -0.15) is 0 Å². The SMILES string of the molecule is O=C(O)C(CF)=NOCCCc1cccc(Cl)c1. The molecule has 18 heavy (non-hydrogen) atoms. The van der Waals surface area contributed by atoms with E-state index in [0.717, 1.165) is 12.0 Å². The molecule has 6 heteroatoms. The molecule has 0 radical (unpaired) electrons. The van der Waals surface area contributed by atoms with E-state index >= 15 is 0 Å². The second kappa shape index (κ2) is 7.66. The predicted molar refractivity (Wildman–Crippen MR) is 66.8 cm³/mol. The van der Waals surface area contributed by atoms with Gasteiger partial charge in [0.15, 0.2) is 5.71 Å². The van der Waals surface area contributed by atoms with Gasteiger partial charge in [-0.05, 0) is 30.5 Å². The molecular formula is C12H13ClFNO3. The third-order valence-electron chi connectivity index (χ3n) is 2.14. The monoisotopic (exact) mass is 273 g/mol. The van der Waals surface area contributed by atoms with Gasteiger partial charge in [-0.15, -0.1) is 0 Å². The number of halogens is 2. The van der Waals surface area contributed by atoms with Gasteiger partial charge in [0.05, 0.1) is 0 Å². The van der Waals surface area contributed by atoms with Crippen molar-refractivity contribution in [1.82, 2.24) is 0 Å². The highest BCUT2D eigenvalue weighted by atomic mass is 35.5. The molecule has 1 N–H and O–H groups in total. The van der Waals surface area contributed by atoms with Crippen molar-refractivity contribution in [2.45, 2.75) is 12.8 Å². The van der Waals surface area contributed by atoms with Gasteiger partial charge in [-0.25, -0.2) is 9.18 Å². The lowest BCUT2D eigenvalue weighted by atomic mass is 10.1. The molecule has 0 unspecified atom stereocenters. The summed E-state index contributed by atoms with van der Waals surface area (Å²) < 4.78 is 12.1. The maximum absolute atomic E-state index is 12.1. The lowest BCUT2D eigenvalue weighted by Crippen LogP contribution is -2.15. The zero-order chi connectivity index (χ0) is 13.4. The first kappa shape index (κ1) is 14.4. The van der Waals surface area contributed by atoms with Crippen LogP contribution in [0, 0.1) is 0 Å². The standard InChI is InChI=1S/C12H13ClFNO3/c13-10-5-1-3-9(7-10)4-2-6-18-15-11(8-14)12(16)17/h1,3,5,7H,2,4,6,8H2,(H,16,17). The summed E-state index contributed by atoms with van der Waals surface area (Å²) in [5, 5.41) is 12.3. The number of benzene rings is 1. The van der Waals surface area contributed by atoms with E-state index in [4.69, 9.17) is 21.5 Å². The van der Waals surface area contributed by atoms with E-state index in [1.54, 1.807) is 6.07 Å². The zero-order valence-corrected chi connectivity index (χ0v) is 10.4. The largest absolute Gasteiger partial charge is 0.477 e. The molecule has 0 heterocycles. The van der Waals surface area contributed by atoms with Crippen molar-refractivity contribution in [1.29, 1.82) is 0 Å². The van der Waals surface area contributed by atoms with Crippen LogP contribution < -0.4 is 0 Å². The number of alkyl halides is 1. The van der Waals surface area contributed by atoms with Crippen LogP contribution >= 0.6 is 11.6 Å². The molecule has 0 aliphatic carbocycles. The number of hydrogen-bond donors (Lipinski definition) is 1. The van der Waals surface area contributed by atoms with Gasteiger partial charge in [0.2, 0.25) is 0 Å². The van der Waals surface area contributed by atoms with E-state index in [9.17, 15) is 9.18 Å². The van der Waals surface area contributed by atoms with Gasteiger partial charge >= 0.3 is 5.97 Å². The van der Waals surface area contributed by atoms with E-state index in [2.05, 4.69) is 5.16 Å². The molecule has 98 valence electrons. The molecule has 0 saturated heterocycles. The molecule has 0 spiro atoms. The number of hydrogen-bond acceptors (Lipinski definition) is 3. The molecule has 0 fully saturated rings. The fraction of sp³-hybridized carbons (Fsp3) is 0.333. The van der Waals surface area contributed by atoms with Crippen molar-refractivity contribution in [2.75, 3.05) is 13.3 Å². The third-order valence-corrected chi connectivity index (χ3v) is 2.37. The van der Waals surface area contributed by atoms with Crippen molar-refractivity contribution >= 4 is 23.3 Å². The maximum atomic E-state index is 12.1. The molecule has 0 saturated carbocycles. The second-order valence-corrected chi connectivity index (χ2v) is 3.98. The number of carbonyl (C=O) groups is 1. The second-order valence-electron chi connectivity index (χ2n) is 3.54. The van der Waals surface area contributed by atoms with E-state index in [0.29, 0.717) is 11.4 Å². The minimum atomic E-state index is -1.41. The zero-order valence-electron chi connectivity index (χ0n) is 9.60. The Bertz CT molecular complexity index is 437. The highest BCUT2D eigenvalue weighted by molar-refractivity contribution is 6.36. The van der Waals surface area contributed by atoms with Crippen LogP contribution in [0.4, 0.5) is 4.39 Å². The van der Waals surface area contributed by atoms with Crippen LogP contribution in [0.15, 0.2) is 29.4 Å². The molecule has 1 rings (SSSR count). The quantitative estimate of drug-likeness (QED) is 0.472. The first-order valence-corrected chi connectivity index (χ1v) is 5.74. The van der Waals surface area contributed by atoms with Crippen LogP contribution in [-0.2, 0) is 16.1 Å². The Morgan fingerprint density at radius 1 is 1.50 bits per heavy atom. The molecule has 1 aromatic carbocycles. The fourth-order valence-electron chi connectivity index (χ4n) is 1.28. The summed E-state index contributed by atoms with van der Waals surface area (Å²) in [6.07, 6.45) is 1.37. The summed E-state index contributed by atoms with van der Waals surface area (Å²) in [6.45, 7) is -0.924. The number of rotatable bonds is 7. The Kier molecular flexibility index (Phi) is 6.14. The topological polar surface area (TPSA) is 58.9 Å². The minimum absolute atomic E-state index is 0.225. The minimum Gasteiger partial charge on any atom is -0.477 e. The number of aliphatic carboxylic acids is 1. The van der Waals surface area contributed by atoms with Crippen LogP contribution in [0.5, 0.6) is 0 Å². The Labute approximate surface area is 109 Å². The number of carboxylic acid groups (broad SMARTS) is 1. The van der Waals surface area contributed by atoms with Crippen LogP contribution in [0.3, 0.4) is 0 Å². The van der Waals surface area contributed by atoms with Crippen molar-refractivity contribution in [3.63, 3.8) is 0 Å². The van der Waals surface area contributed by atoms with Crippen LogP contribution in [0.1, 0.15) is 12.0 Å². The molecule has 0 aliphatic rings. The molecule has 0 atom stereocenters. The number of nitrogens with zero attached hydrogens (tertiary/aromatic N) is 1. The summed E-state index contributed by atoms with van der Waals surface area (Å²) in [5.41, 5.74) is 0.428. The van der Waals surface area contributed by atoms with E-state index in [-0.39, 0.29) is 6.61 Å². The van der Waals surface area contributed by atoms with Crippen LogP contribution in [0.2, 0.25) is 5.02 Å². The van der Waals surface area contributed by atoms with Gasteiger partial charge in [0.25, 0.3) is 0 Å². The van der Waals surface area contributed by atoms with Gasteiger partial charge in [0.1, 0.15) is 13.3 Å². The molecule has 0 aliphatic heterocycles. The summed E-state index contributed by atoms with van der Waals surface area (Å²) in [6, 6.07) is 7.41. The van der Waals surface area contributed by atoms with Gasteiger partial charge in [-0.1, -0.05) is 28.9 Å². The summed E-state index contributed by atoms with van der Waals surface area (Å²) in [5.74, 6) is -1.41. The maximum Gasteiger partial charge on any atom is 0.356 e. The van der Waals surface area contributed by atoms with Crippen LogP contribution in [-0.4, -0.2) is 30.1 Å². The van der Waals surface area contributed by atoms with Crippen molar-refractivity contribution in [3.05, 3.63) is 34.9 Å². The Morgan fingerprint density at radius 3 is 2.89 bits per heavy atom. The third kappa shape index (κ3) is 5.14. The summed E-state index contributed by atoms with van der Waals surface area (Å²) >= 11 is 5.82. The molecule has 0 aromatic heterocycles. The molecule has 4 nitrogen and oxygen atoms in total. The highest BCUT2D eigenvalue weighted by Gasteiger charge is 2.08. The van der Waals surface area contributed by atoms with E-state index < -0.39 is 18.4 Å². The van der Waals surface area contributed by atoms with Gasteiger partial charge < -0.3 is 9.94 Å². The lowest BCUT2D eigenvalue weighted by molar-refractivity contribution is -0.129. The average Bonchev–Trinajstić information content (AvgIpc) is 2.33. The first-order chi connectivity index (χ1) is 8.63. The van der Waals surface area contributed by atoms with Crippen molar-refractivity contribution in [2.24, 2.45) is 5.16 Å². The Hall–Kier alpha value is -1.62. The van der Waals surface area contributed by atoms with Crippen molar-refractivity contribution < 1.29 is 19.1 Å². The van der Waals surface area contributed by atoms with E-state index in [1.165, 1.54) is 0 Å². The predicted octanol–water partition coefficient (Wildman–Crippen LogP) is 2.70. The molecular weight excluding hydrogens is 261 g/mol. The Morgan fingerprint density at radius 2 is 2.28 bits per heavy atom. The van der Waals surface area contributed by atoms with Gasteiger partial charge in [-0.3, -0.25) is 0 Å². The summed E-state index contributed by atoms with van der Waals surface area (Å²) in [7, 11) is 0. The van der Waals surface area contributed by atoms with Crippen LogP contribution in [0.25, 0.3) is 0 Å². The average molecular weight is 274 g/mol. The normalized spacial score (nSPS) is 11.3. The Balaban J connectivity index is 2.29. The first-order valence-electron chi connectivity index (χ1n) is 5.36. The summed E-state index contributed by atoms with van der Waals surface area (Å²) in [4.78, 5) is 15.1. The number of oxime groups is 1.